The van der Waals surface area contributed by atoms with Gasteiger partial charge in [-0.2, -0.15) is 5.10 Å². The Balaban J connectivity index is 0.00000320. The first kappa shape index (κ1) is 23.6. The average Bonchev–Trinajstić information content (AvgIpc) is 3.00. The highest BCUT2D eigenvalue weighted by atomic mass is 35.5. The van der Waals surface area contributed by atoms with Gasteiger partial charge < -0.3 is 10.6 Å². The second-order valence-corrected chi connectivity index (χ2v) is 7.12. The summed E-state index contributed by atoms with van der Waals surface area (Å²) >= 11 is 0. The number of aromatic nitrogens is 2. The normalized spacial score (nSPS) is 10.5. The van der Waals surface area contributed by atoms with Gasteiger partial charge in [0.1, 0.15) is 5.82 Å². The molecule has 0 unspecified atom stereocenters. The van der Waals surface area contributed by atoms with Crippen molar-refractivity contribution >= 4 is 18.3 Å². The van der Waals surface area contributed by atoms with E-state index in [9.17, 15) is 9.18 Å². The zero-order valence-electron chi connectivity index (χ0n) is 17.3. The van der Waals surface area contributed by atoms with Crippen LogP contribution in [0.4, 0.5) is 4.39 Å². The number of rotatable bonds is 8. The minimum atomic E-state index is -0.290. The van der Waals surface area contributed by atoms with Gasteiger partial charge in [-0.3, -0.25) is 4.79 Å². The molecule has 0 bridgehead atoms. The van der Waals surface area contributed by atoms with Gasteiger partial charge in [-0.05, 0) is 50.1 Å². The lowest BCUT2D eigenvalue weighted by atomic mass is 10.1. The van der Waals surface area contributed by atoms with Crippen molar-refractivity contribution in [3.63, 3.8) is 0 Å². The molecule has 0 spiro atoms. The van der Waals surface area contributed by atoms with E-state index < -0.39 is 0 Å². The molecule has 3 aromatic rings. The maximum absolute atomic E-state index is 13.2. The minimum absolute atomic E-state index is 0. The molecular formula is C23H28ClFN4O. The van der Waals surface area contributed by atoms with Gasteiger partial charge in [0, 0.05) is 30.9 Å². The Kier molecular flexibility index (Phi) is 8.57. The molecule has 5 nitrogen and oxygen atoms in total. The molecule has 0 aliphatic rings. The number of carbonyl (C=O) groups is 1. The van der Waals surface area contributed by atoms with Crippen molar-refractivity contribution in [3.8, 4) is 5.69 Å². The van der Waals surface area contributed by atoms with Gasteiger partial charge in [-0.1, -0.05) is 30.3 Å². The van der Waals surface area contributed by atoms with E-state index in [-0.39, 0.29) is 30.6 Å². The highest BCUT2D eigenvalue weighted by molar-refractivity contribution is 5.85. The highest BCUT2D eigenvalue weighted by Crippen LogP contribution is 2.19. The summed E-state index contributed by atoms with van der Waals surface area (Å²) in [5, 5.41) is 4.56. The lowest BCUT2D eigenvalue weighted by molar-refractivity contribution is -0.130. The lowest BCUT2D eigenvalue weighted by Crippen LogP contribution is -2.38. The van der Waals surface area contributed by atoms with Crippen molar-refractivity contribution in [2.24, 2.45) is 5.73 Å². The van der Waals surface area contributed by atoms with Crippen molar-refractivity contribution in [1.82, 2.24) is 14.7 Å². The maximum atomic E-state index is 13.2. The second kappa shape index (κ2) is 10.9. The van der Waals surface area contributed by atoms with Crippen LogP contribution in [-0.4, -0.2) is 40.2 Å². The molecule has 2 aromatic carbocycles. The summed E-state index contributed by atoms with van der Waals surface area (Å²) in [6.07, 6.45) is 1.06. The molecule has 0 saturated carbocycles. The summed E-state index contributed by atoms with van der Waals surface area (Å²) in [4.78, 5) is 14.8. The quantitative estimate of drug-likeness (QED) is 0.593. The molecule has 0 aliphatic carbocycles. The van der Waals surface area contributed by atoms with Gasteiger partial charge in [0.25, 0.3) is 0 Å². The smallest absolute Gasteiger partial charge is 0.227 e. The van der Waals surface area contributed by atoms with E-state index >= 15 is 0 Å². The Morgan fingerprint density at radius 1 is 1.07 bits per heavy atom. The molecular weight excluding hydrogens is 403 g/mol. The number of benzene rings is 2. The number of nitrogens with zero attached hydrogens (tertiary/aromatic N) is 3. The number of halogens is 2. The average molecular weight is 431 g/mol. The Hall–Kier alpha value is -2.70. The molecule has 3 rings (SSSR count). The first-order valence-corrected chi connectivity index (χ1v) is 9.82. The van der Waals surface area contributed by atoms with Crippen LogP contribution >= 0.6 is 12.4 Å². The molecule has 7 heteroatoms. The molecule has 1 heterocycles. The van der Waals surface area contributed by atoms with E-state index in [2.05, 4.69) is 17.2 Å². The fourth-order valence-corrected chi connectivity index (χ4v) is 3.45. The fourth-order valence-electron chi connectivity index (χ4n) is 3.45. The molecule has 0 atom stereocenters. The van der Waals surface area contributed by atoms with Crippen LogP contribution in [0.2, 0.25) is 0 Å². The molecule has 0 radical (unpaired) electrons. The van der Waals surface area contributed by atoms with Crippen LogP contribution in [0.1, 0.15) is 22.5 Å². The van der Waals surface area contributed by atoms with Crippen molar-refractivity contribution in [2.75, 3.05) is 19.6 Å². The van der Waals surface area contributed by atoms with Crippen LogP contribution in [0.3, 0.4) is 0 Å². The number of nitrogens with two attached hydrogens (primary N) is 1. The summed E-state index contributed by atoms with van der Waals surface area (Å²) in [6, 6.07) is 16.3. The van der Waals surface area contributed by atoms with E-state index in [4.69, 9.17) is 5.73 Å². The van der Waals surface area contributed by atoms with Crippen LogP contribution in [0.15, 0.2) is 54.6 Å². The van der Waals surface area contributed by atoms with Crippen LogP contribution in [0, 0.1) is 19.7 Å². The third kappa shape index (κ3) is 5.68. The highest BCUT2D eigenvalue weighted by Gasteiger charge is 2.19. The van der Waals surface area contributed by atoms with E-state index in [1.165, 1.54) is 17.7 Å². The summed E-state index contributed by atoms with van der Waals surface area (Å²) in [5.41, 5.74) is 10.3. The fraction of sp³-hybridized carbons (Fsp3) is 0.304. The Labute approximate surface area is 183 Å². The van der Waals surface area contributed by atoms with Gasteiger partial charge in [-0.15, -0.1) is 12.4 Å². The predicted molar refractivity (Wildman–Crippen MR) is 120 cm³/mol. The molecule has 1 amide bonds. The molecule has 0 saturated heterocycles. The number of carbonyl (C=O) groups excluding carboxylic acids is 1. The van der Waals surface area contributed by atoms with Crippen molar-refractivity contribution < 1.29 is 9.18 Å². The first-order valence-electron chi connectivity index (χ1n) is 9.82. The van der Waals surface area contributed by atoms with Crippen LogP contribution in [0.5, 0.6) is 0 Å². The van der Waals surface area contributed by atoms with Crippen LogP contribution < -0.4 is 5.73 Å². The minimum Gasteiger partial charge on any atom is -0.341 e. The Morgan fingerprint density at radius 3 is 2.37 bits per heavy atom. The van der Waals surface area contributed by atoms with E-state index in [1.807, 2.05) is 36.9 Å². The molecule has 30 heavy (non-hydrogen) atoms. The predicted octanol–water partition coefficient (Wildman–Crippen LogP) is 3.62. The van der Waals surface area contributed by atoms with Crippen molar-refractivity contribution in [1.29, 1.82) is 0 Å². The van der Waals surface area contributed by atoms with E-state index in [1.54, 1.807) is 16.8 Å². The lowest BCUT2D eigenvalue weighted by Gasteiger charge is -2.22. The Bertz CT molecular complexity index is 957. The van der Waals surface area contributed by atoms with Crippen LogP contribution in [0.25, 0.3) is 5.69 Å². The van der Waals surface area contributed by atoms with E-state index in [0.717, 1.165) is 29.1 Å². The second-order valence-electron chi connectivity index (χ2n) is 7.12. The summed E-state index contributed by atoms with van der Waals surface area (Å²) in [5.74, 6) is -0.252. The SMILES string of the molecule is Cc1nn(-c2ccc(F)cc2)c(C)c1CC(=O)N(CCN)CCc1ccccc1.Cl. The number of amides is 1. The summed E-state index contributed by atoms with van der Waals surface area (Å²) in [7, 11) is 0. The van der Waals surface area contributed by atoms with Crippen molar-refractivity contribution in [2.45, 2.75) is 26.7 Å². The van der Waals surface area contributed by atoms with E-state index in [0.29, 0.717) is 19.6 Å². The topological polar surface area (TPSA) is 64.2 Å². The van der Waals surface area contributed by atoms with Crippen molar-refractivity contribution in [3.05, 3.63) is 82.9 Å². The molecule has 0 aliphatic heterocycles. The summed E-state index contributed by atoms with van der Waals surface area (Å²) in [6.45, 7) is 5.41. The number of aryl methyl sites for hydroxylation is 1. The van der Waals surface area contributed by atoms with Gasteiger partial charge in [-0.25, -0.2) is 9.07 Å². The molecule has 0 fully saturated rings. The third-order valence-corrected chi connectivity index (χ3v) is 5.11. The zero-order chi connectivity index (χ0) is 20.8. The standard InChI is InChI=1S/C23H27FN4O.ClH/c1-17-22(18(2)28(26-17)21-10-8-20(24)9-11-21)16-23(29)27(15-13-25)14-12-19-6-4-3-5-7-19;/h3-11H,12-16,25H2,1-2H3;1H. The Morgan fingerprint density at radius 2 is 1.73 bits per heavy atom. The summed E-state index contributed by atoms with van der Waals surface area (Å²) < 4.78 is 15.0. The maximum Gasteiger partial charge on any atom is 0.227 e. The van der Waals surface area contributed by atoms with Gasteiger partial charge >= 0.3 is 0 Å². The number of hydrogen-bond donors (Lipinski definition) is 1. The largest absolute Gasteiger partial charge is 0.341 e. The van der Waals surface area contributed by atoms with Gasteiger partial charge in [0.2, 0.25) is 5.91 Å². The molecule has 2 N–H and O–H groups in total. The first-order chi connectivity index (χ1) is 14.0. The van der Waals surface area contributed by atoms with Gasteiger partial charge in [0.05, 0.1) is 17.8 Å². The third-order valence-electron chi connectivity index (χ3n) is 5.11. The van der Waals surface area contributed by atoms with Gasteiger partial charge in [0.15, 0.2) is 0 Å². The molecule has 160 valence electrons. The number of hydrogen-bond acceptors (Lipinski definition) is 3. The van der Waals surface area contributed by atoms with Crippen LogP contribution in [-0.2, 0) is 17.6 Å². The molecule has 1 aromatic heterocycles. The monoisotopic (exact) mass is 430 g/mol. The zero-order valence-corrected chi connectivity index (χ0v) is 18.2.